The van der Waals surface area contributed by atoms with E-state index in [1.807, 2.05) is 0 Å². The molecule has 40 valence electrons. The molecular formula is C3H6N2O2. The third kappa shape index (κ3) is 0.957. The molecule has 1 fully saturated rings. The number of Topliss-reactive ketones (excluding diaryl/α,β-unsaturated/α-hetero) is 1. The summed E-state index contributed by atoms with van der Waals surface area (Å²) in [4.78, 5) is 10.2. The third-order valence-corrected chi connectivity index (χ3v) is 0.840. The Hall–Kier alpha value is -0.450. The van der Waals surface area contributed by atoms with E-state index in [0.717, 1.165) is 0 Å². The number of hydroxylamine groups is 1. The summed E-state index contributed by atoms with van der Waals surface area (Å²) >= 11 is 0. The molecule has 1 unspecified atom stereocenters. The average Bonchev–Trinajstić information content (AvgIpc) is 1.87. The van der Waals surface area contributed by atoms with Gasteiger partial charge in [-0.15, -0.1) is 0 Å². The number of nitrogens with one attached hydrogen (secondary N) is 2. The van der Waals surface area contributed by atoms with Crippen LogP contribution in [0, 0.1) is 5.21 Å². The van der Waals surface area contributed by atoms with Gasteiger partial charge in [0.05, 0.1) is 0 Å². The van der Waals surface area contributed by atoms with Gasteiger partial charge in [-0.25, -0.2) is 0 Å². The summed E-state index contributed by atoms with van der Waals surface area (Å²) in [7, 11) is 0. The molecule has 1 atom stereocenters. The first kappa shape index (κ1) is 4.70. The molecular weight excluding hydrogens is 96.0 g/mol. The van der Waals surface area contributed by atoms with E-state index in [1.54, 1.807) is 0 Å². The number of rotatable bonds is 0. The molecule has 1 rings (SSSR count). The molecule has 0 spiro atoms. The third-order valence-electron chi connectivity index (χ3n) is 0.840. The number of hydrogen-bond donors (Lipinski definition) is 2. The number of carbonyl (C=O) groups excluding carboxylic acids is 1. The first-order chi connectivity index (χ1) is 3.29. The second-order valence-electron chi connectivity index (χ2n) is 1.49. The molecule has 7 heavy (non-hydrogen) atoms. The molecule has 2 N–H and O–H groups in total. The summed E-state index contributed by atoms with van der Waals surface area (Å²) in [5.41, 5.74) is 2.38. The highest BCUT2D eigenvalue weighted by atomic mass is 16.5. The van der Waals surface area contributed by atoms with Gasteiger partial charge in [0.2, 0.25) is 5.78 Å². The van der Waals surface area contributed by atoms with Crippen LogP contribution in [0.1, 0.15) is 0 Å². The molecule has 0 aromatic rings. The zero-order valence-corrected chi connectivity index (χ0v) is 3.73. The van der Waals surface area contributed by atoms with Crippen molar-refractivity contribution in [1.29, 1.82) is 0 Å². The van der Waals surface area contributed by atoms with Crippen LogP contribution in [0.5, 0.6) is 0 Å². The van der Waals surface area contributed by atoms with E-state index in [4.69, 9.17) is 0 Å². The lowest BCUT2D eigenvalue weighted by atomic mass is 10.4. The molecule has 0 radical (unpaired) electrons. The van der Waals surface area contributed by atoms with Crippen molar-refractivity contribution in [1.82, 2.24) is 5.43 Å². The van der Waals surface area contributed by atoms with E-state index in [2.05, 4.69) is 5.43 Å². The lowest BCUT2D eigenvalue weighted by Crippen LogP contribution is -3.11. The van der Waals surface area contributed by atoms with Crippen molar-refractivity contribution in [3.05, 3.63) is 5.21 Å². The van der Waals surface area contributed by atoms with E-state index in [0.29, 0.717) is 0 Å². The summed E-state index contributed by atoms with van der Waals surface area (Å²) in [5.74, 6) is -0.00926. The van der Waals surface area contributed by atoms with Gasteiger partial charge in [0.25, 0.3) is 0 Å². The summed E-state index contributed by atoms with van der Waals surface area (Å²) in [6, 6.07) is 0. The molecule has 0 bridgehead atoms. The van der Waals surface area contributed by atoms with E-state index in [-0.39, 0.29) is 24.0 Å². The Bertz CT molecular complexity index is 92.9. The maximum Gasteiger partial charge on any atom is 0.207 e. The number of hydrogen-bond acceptors (Lipinski definition) is 3. The molecule has 0 saturated carbocycles. The van der Waals surface area contributed by atoms with Crippen LogP contribution < -0.4 is 10.6 Å². The Kier molecular flexibility index (Phi) is 1.06. The van der Waals surface area contributed by atoms with Crippen LogP contribution in [0.2, 0.25) is 0 Å². The Balaban J connectivity index is 2.40. The Morgan fingerprint density at radius 2 is 2.57 bits per heavy atom. The maximum atomic E-state index is 10.2. The molecule has 0 aliphatic carbocycles. The van der Waals surface area contributed by atoms with Crippen molar-refractivity contribution < 1.29 is 9.97 Å². The van der Waals surface area contributed by atoms with Gasteiger partial charge in [0.1, 0.15) is 6.54 Å². The fraction of sp³-hybridized carbons (Fsp3) is 0.667. The second-order valence-corrected chi connectivity index (χ2v) is 1.49. The fourth-order valence-electron chi connectivity index (χ4n) is 0.501. The summed E-state index contributed by atoms with van der Waals surface area (Å²) in [6.07, 6.45) is 0. The highest BCUT2D eigenvalue weighted by Crippen LogP contribution is 1.64. The zero-order valence-electron chi connectivity index (χ0n) is 3.73. The summed E-state index contributed by atoms with van der Waals surface area (Å²) < 4.78 is 0. The average molecular weight is 102 g/mol. The molecule has 1 aliphatic rings. The first-order valence-electron chi connectivity index (χ1n) is 2.07. The summed E-state index contributed by atoms with van der Waals surface area (Å²) in [6.45, 7) is 0.318. The molecule has 0 amide bonds. The van der Waals surface area contributed by atoms with Gasteiger partial charge in [-0.3, -0.25) is 9.97 Å². The fourth-order valence-corrected chi connectivity index (χ4v) is 0.501. The normalized spacial score (nSPS) is 31.6. The van der Waals surface area contributed by atoms with Gasteiger partial charge in [-0.1, -0.05) is 0 Å². The Morgan fingerprint density at radius 1 is 1.86 bits per heavy atom. The van der Waals surface area contributed by atoms with Gasteiger partial charge in [-0.05, 0) is 0 Å². The first-order valence-corrected chi connectivity index (χ1v) is 2.07. The van der Waals surface area contributed by atoms with Crippen molar-refractivity contribution in [3.63, 3.8) is 0 Å². The van der Waals surface area contributed by atoms with Crippen molar-refractivity contribution in [3.8, 4) is 0 Å². The SMILES string of the molecule is O=C1CN[NH+]([O-])C1. The zero-order chi connectivity index (χ0) is 5.28. The molecule has 0 aromatic heterocycles. The van der Waals surface area contributed by atoms with Crippen molar-refractivity contribution in [2.75, 3.05) is 13.1 Å². The molecule has 1 heterocycles. The van der Waals surface area contributed by atoms with Crippen molar-refractivity contribution in [2.45, 2.75) is 0 Å². The molecule has 1 saturated heterocycles. The van der Waals surface area contributed by atoms with Crippen molar-refractivity contribution in [2.24, 2.45) is 0 Å². The lowest BCUT2D eigenvalue weighted by Gasteiger charge is -2.10. The van der Waals surface area contributed by atoms with Crippen LogP contribution in [0.25, 0.3) is 0 Å². The Labute approximate surface area is 40.7 Å². The lowest BCUT2D eigenvalue weighted by molar-refractivity contribution is -0.877. The van der Waals surface area contributed by atoms with Gasteiger partial charge in [0, 0.05) is 0 Å². The van der Waals surface area contributed by atoms with E-state index in [1.165, 1.54) is 0 Å². The van der Waals surface area contributed by atoms with Crippen LogP contribution in [0.15, 0.2) is 0 Å². The highest BCUT2D eigenvalue weighted by molar-refractivity contribution is 5.82. The molecule has 1 aliphatic heterocycles. The largest absolute Gasteiger partial charge is 0.613 e. The molecule has 0 aromatic carbocycles. The van der Waals surface area contributed by atoms with Gasteiger partial charge in [0.15, 0.2) is 6.54 Å². The van der Waals surface area contributed by atoms with E-state index >= 15 is 0 Å². The molecule has 4 heteroatoms. The second kappa shape index (κ2) is 1.57. The minimum atomic E-state index is -0.148. The number of quaternary nitrogens is 1. The minimum Gasteiger partial charge on any atom is -0.613 e. The highest BCUT2D eigenvalue weighted by Gasteiger charge is 2.14. The maximum absolute atomic E-state index is 10.2. The van der Waals surface area contributed by atoms with Crippen molar-refractivity contribution >= 4 is 5.78 Å². The minimum absolute atomic E-state index is 0.00926. The van der Waals surface area contributed by atoms with Crippen LogP contribution >= 0.6 is 0 Å². The number of ketones is 1. The van der Waals surface area contributed by atoms with Gasteiger partial charge >= 0.3 is 0 Å². The summed E-state index contributed by atoms with van der Waals surface area (Å²) in [5, 5.41) is 9.97. The van der Waals surface area contributed by atoms with Gasteiger partial charge in [-0.2, -0.15) is 5.43 Å². The van der Waals surface area contributed by atoms with E-state index in [9.17, 15) is 10.0 Å². The predicted molar refractivity (Wildman–Crippen MR) is 22.2 cm³/mol. The van der Waals surface area contributed by atoms with Crippen LogP contribution in [-0.4, -0.2) is 18.9 Å². The van der Waals surface area contributed by atoms with Crippen LogP contribution in [0.3, 0.4) is 0 Å². The van der Waals surface area contributed by atoms with Gasteiger partial charge < -0.3 is 5.21 Å². The van der Waals surface area contributed by atoms with Crippen LogP contribution in [-0.2, 0) is 4.79 Å². The number of carbonyl (C=O) groups is 1. The Morgan fingerprint density at radius 3 is 2.71 bits per heavy atom. The van der Waals surface area contributed by atoms with E-state index < -0.39 is 0 Å². The standard InChI is InChI=1S/C3H6N2O2/c6-3-1-4-5(7)2-3/h4-5H,1-2H2. The van der Waals surface area contributed by atoms with Crippen LogP contribution in [0.4, 0.5) is 0 Å². The topological polar surface area (TPSA) is 56.6 Å². The monoisotopic (exact) mass is 102 g/mol. The predicted octanol–water partition coefficient (Wildman–Crippen LogP) is -2.54. The smallest absolute Gasteiger partial charge is 0.207 e. The quantitative estimate of drug-likeness (QED) is 0.331. The molecule has 4 nitrogen and oxygen atoms in total.